The first-order chi connectivity index (χ1) is 9.36. The van der Waals surface area contributed by atoms with Gasteiger partial charge in [0.15, 0.2) is 6.73 Å². The van der Waals surface area contributed by atoms with E-state index in [9.17, 15) is 13.2 Å². The Balaban J connectivity index is 2.11. The molecule has 8 heteroatoms. The lowest BCUT2D eigenvalue weighted by Gasteiger charge is -2.10. The average molecular weight is 284 g/mol. The zero-order valence-corrected chi connectivity index (χ0v) is 10.8. The van der Waals surface area contributed by atoms with Gasteiger partial charge in [0.05, 0.1) is 16.6 Å². The van der Waals surface area contributed by atoms with E-state index in [1.165, 1.54) is 11.1 Å². The number of hydrazone groups is 1. The van der Waals surface area contributed by atoms with Gasteiger partial charge in [-0.05, 0) is 18.2 Å². The molecule has 20 heavy (non-hydrogen) atoms. The number of halogens is 3. The normalized spacial score (nSPS) is 15.7. The van der Waals surface area contributed by atoms with Gasteiger partial charge in [0, 0.05) is 14.0 Å². The summed E-state index contributed by atoms with van der Waals surface area (Å²) in [5, 5.41) is 5.61. The topological polar surface area (TPSA) is 42.7 Å². The number of anilines is 1. The van der Waals surface area contributed by atoms with Crippen LogP contribution in [0.5, 0.6) is 0 Å². The average Bonchev–Trinajstić information content (AvgIpc) is 2.92. The minimum absolute atomic E-state index is 0.203. The first-order valence-corrected chi connectivity index (χ1v) is 5.85. The molecule has 2 heterocycles. The maximum Gasteiger partial charge on any atom is 0.416 e. The fraction of sp³-hybridized carbons (Fsp3) is 0.333. The number of hydrogen-bond acceptors (Lipinski definition) is 4. The summed E-state index contributed by atoms with van der Waals surface area (Å²) >= 11 is 0. The molecule has 2 aromatic rings. The molecule has 0 unspecified atom stereocenters. The van der Waals surface area contributed by atoms with Crippen LogP contribution >= 0.6 is 0 Å². The van der Waals surface area contributed by atoms with Crippen LogP contribution in [0.1, 0.15) is 12.5 Å². The molecule has 0 atom stereocenters. The van der Waals surface area contributed by atoms with Crippen molar-refractivity contribution in [2.24, 2.45) is 12.1 Å². The van der Waals surface area contributed by atoms with E-state index in [0.29, 0.717) is 22.9 Å². The monoisotopic (exact) mass is 284 g/mol. The van der Waals surface area contributed by atoms with Crippen LogP contribution in [0.2, 0.25) is 0 Å². The summed E-state index contributed by atoms with van der Waals surface area (Å²) in [6, 6.07) is 3.46. The van der Waals surface area contributed by atoms with E-state index in [0.717, 1.165) is 12.1 Å². The Labute approximate surface area is 112 Å². The summed E-state index contributed by atoms with van der Waals surface area (Å²) in [4.78, 5) is 4.29. The predicted octanol–water partition coefficient (Wildman–Crippen LogP) is 2.72. The highest BCUT2D eigenvalue weighted by Gasteiger charge is 2.31. The zero-order chi connectivity index (χ0) is 14.5. The third-order valence-electron chi connectivity index (χ3n) is 3.07. The molecule has 0 bridgehead atoms. The lowest BCUT2D eigenvalue weighted by Crippen LogP contribution is -2.17. The number of ether oxygens (including phenoxy) is 1. The Hall–Kier alpha value is -2.25. The molecule has 1 aliphatic rings. The fourth-order valence-electron chi connectivity index (χ4n) is 2.07. The van der Waals surface area contributed by atoms with Crippen molar-refractivity contribution in [3.63, 3.8) is 0 Å². The number of fused-ring (bicyclic) bond motifs is 1. The summed E-state index contributed by atoms with van der Waals surface area (Å²) < 4.78 is 44.9. The van der Waals surface area contributed by atoms with Crippen molar-refractivity contribution in [3.8, 4) is 0 Å². The van der Waals surface area contributed by atoms with Gasteiger partial charge in [-0.3, -0.25) is 0 Å². The quantitative estimate of drug-likeness (QED) is 0.808. The van der Waals surface area contributed by atoms with Crippen molar-refractivity contribution in [1.29, 1.82) is 0 Å². The number of aromatic nitrogens is 2. The molecule has 3 rings (SSSR count). The summed E-state index contributed by atoms with van der Waals surface area (Å²) in [6.45, 7) is 1.90. The maximum absolute atomic E-state index is 12.7. The number of imidazole rings is 1. The Morgan fingerprint density at radius 1 is 1.30 bits per heavy atom. The highest BCUT2D eigenvalue weighted by Crippen LogP contribution is 2.32. The molecule has 0 saturated carbocycles. The molecule has 0 aliphatic carbocycles. The van der Waals surface area contributed by atoms with Crippen LogP contribution in [0.15, 0.2) is 23.3 Å². The van der Waals surface area contributed by atoms with E-state index >= 15 is 0 Å². The Kier molecular flexibility index (Phi) is 2.63. The van der Waals surface area contributed by atoms with Gasteiger partial charge in [0.25, 0.3) is 0 Å². The van der Waals surface area contributed by atoms with Crippen molar-refractivity contribution in [1.82, 2.24) is 9.55 Å². The molecule has 106 valence electrons. The second-order valence-electron chi connectivity index (χ2n) is 4.46. The molecular weight excluding hydrogens is 273 g/mol. The predicted molar refractivity (Wildman–Crippen MR) is 67.3 cm³/mol. The van der Waals surface area contributed by atoms with Crippen molar-refractivity contribution in [3.05, 3.63) is 23.8 Å². The van der Waals surface area contributed by atoms with Crippen LogP contribution in [-0.4, -0.2) is 22.2 Å². The summed E-state index contributed by atoms with van der Waals surface area (Å²) in [6.07, 6.45) is -4.37. The molecule has 1 aliphatic heterocycles. The van der Waals surface area contributed by atoms with Gasteiger partial charge < -0.3 is 9.30 Å². The van der Waals surface area contributed by atoms with Gasteiger partial charge in [0.1, 0.15) is 0 Å². The van der Waals surface area contributed by atoms with E-state index in [2.05, 4.69) is 10.1 Å². The first-order valence-electron chi connectivity index (χ1n) is 5.85. The molecular formula is C12H11F3N4O. The number of hydrogen-bond donors (Lipinski definition) is 0. The van der Waals surface area contributed by atoms with E-state index in [4.69, 9.17) is 4.74 Å². The van der Waals surface area contributed by atoms with E-state index in [-0.39, 0.29) is 6.73 Å². The number of benzene rings is 1. The Morgan fingerprint density at radius 2 is 2.05 bits per heavy atom. The van der Waals surface area contributed by atoms with Crippen molar-refractivity contribution < 1.29 is 17.9 Å². The Bertz CT molecular complexity index is 705. The van der Waals surface area contributed by atoms with E-state index in [1.54, 1.807) is 18.5 Å². The van der Waals surface area contributed by atoms with Gasteiger partial charge in [-0.15, -0.1) is 5.10 Å². The molecule has 0 N–H and O–H groups in total. The number of nitrogens with zero attached hydrogens (tertiary/aromatic N) is 4. The lowest BCUT2D eigenvalue weighted by molar-refractivity contribution is -0.137. The van der Waals surface area contributed by atoms with Crippen molar-refractivity contribution >= 4 is 22.9 Å². The Morgan fingerprint density at radius 3 is 2.65 bits per heavy atom. The van der Waals surface area contributed by atoms with E-state index < -0.39 is 11.7 Å². The molecule has 1 aromatic heterocycles. The molecule has 0 radical (unpaired) electrons. The SMILES string of the molecule is CC1=NN(c2nc3ccc(C(F)(F)F)cc3n2C)CO1. The third-order valence-corrected chi connectivity index (χ3v) is 3.07. The number of rotatable bonds is 1. The third kappa shape index (κ3) is 1.97. The molecule has 1 aromatic carbocycles. The maximum atomic E-state index is 12.7. The summed E-state index contributed by atoms with van der Waals surface area (Å²) in [7, 11) is 1.65. The highest BCUT2D eigenvalue weighted by molar-refractivity contribution is 5.81. The van der Waals surface area contributed by atoms with Crippen LogP contribution < -0.4 is 5.01 Å². The second kappa shape index (κ2) is 4.12. The number of aryl methyl sites for hydroxylation is 1. The molecule has 5 nitrogen and oxygen atoms in total. The van der Waals surface area contributed by atoms with Gasteiger partial charge >= 0.3 is 6.18 Å². The highest BCUT2D eigenvalue weighted by atomic mass is 19.4. The molecule has 0 amide bonds. The van der Waals surface area contributed by atoms with Crippen molar-refractivity contribution in [2.45, 2.75) is 13.1 Å². The van der Waals surface area contributed by atoms with Crippen LogP contribution in [-0.2, 0) is 18.0 Å². The van der Waals surface area contributed by atoms with Gasteiger partial charge in [-0.25, -0.2) is 4.98 Å². The smallest absolute Gasteiger partial charge is 0.416 e. The summed E-state index contributed by atoms with van der Waals surface area (Å²) in [5.41, 5.74) is 0.182. The van der Waals surface area contributed by atoms with Crippen LogP contribution in [0, 0.1) is 0 Å². The van der Waals surface area contributed by atoms with Gasteiger partial charge in [0.2, 0.25) is 11.8 Å². The van der Waals surface area contributed by atoms with Gasteiger partial charge in [-0.1, -0.05) is 0 Å². The molecule has 0 spiro atoms. The largest absolute Gasteiger partial charge is 0.457 e. The molecule has 0 saturated heterocycles. The number of alkyl halides is 3. The fourth-order valence-corrected chi connectivity index (χ4v) is 2.07. The van der Waals surface area contributed by atoms with E-state index in [1.807, 2.05) is 0 Å². The van der Waals surface area contributed by atoms with Crippen LogP contribution in [0.4, 0.5) is 19.1 Å². The minimum Gasteiger partial charge on any atom is -0.457 e. The molecule has 0 fully saturated rings. The summed E-state index contributed by atoms with van der Waals surface area (Å²) in [5.74, 6) is 0.934. The second-order valence-corrected chi connectivity index (χ2v) is 4.46. The van der Waals surface area contributed by atoms with Crippen LogP contribution in [0.25, 0.3) is 11.0 Å². The lowest BCUT2D eigenvalue weighted by atomic mass is 10.2. The van der Waals surface area contributed by atoms with Crippen molar-refractivity contribution in [2.75, 3.05) is 11.7 Å². The van der Waals surface area contributed by atoms with Gasteiger partial charge in [-0.2, -0.15) is 18.2 Å². The zero-order valence-electron chi connectivity index (χ0n) is 10.8. The van der Waals surface area contributed by atoms with Crippen LogP contribution in [0.3, 0.4) is 0 Å². The minimum atomic E-state index is -4.37. The first kappa shape index (κ1) is 12.8. The standard InChI is InChI=1S/C12H11F3N4O/c1-7-17-19(6-20-7)11-16-9-4-3-8(12(13,14)15)5-10(9)18(11)2/h3-5H,6H2,1-2H3.